The molecular weight excluding hydrogens is 394 g/mol. The Bertz CT molecular complexity index is 1250. The Morgan fingerprint density at radius 2 is 1.31 bits per heavy atom. The summed E-state index contributed by atoms with van der Waals surface area (Å²) in [6.07, 6.45) is 0. The fourth-order valence-corrected chi connectivity index (χ4v) is 2.93. The van der Waals surface area contributed by atoms with Crippen molar-refractivity contribution in [3.63, 3.8) is 0 Å². The third-order valence-electron chi connectivity index (χ3n) is 4.16. The Morgan fingerprint density at radius 1 is 0.724 bits per heavy atom. The molecule has 4 rings (SSSR count). The SMILES string of the molecule is [C-]#[N+]c1ccc(F)c(-c2nc(-c3ccccc3)nc(-c3cc(Cl)ccc3F)n2)c1. The van der Waals surface area contributed by atoms with Crippen LogP contribution < -0.4 is 0 Å². The molecule has 1 heterocycles. The lowest BCUT2D eigenvalue weighted by molar-refractivity contribution is 0.628. The molecule has 29 heavy (non-hydrogen) atoms. The predicted octanol–water partition coefficient (Wildman–Crippen LogP) is 6.35. The monoisotopic (exact) mass is 404 g/mol. The molecule has 0 saturated heterocycles. The van der Waals surface area contributed by atoms with E-state index in [0.29, 0.717) is 10.6 Å². The van der Waals surface area contributed by atoms with Gasteiger partial charge in [0.15, 0.2) is 23.2 Å². The first-order chi connectivity index (χ1) is 14.0. The number of hydrogen-bond donors (Lipinski definition) is 0. The normalized spacial score (nSPS) is 10.6. The average Bonchev–Trinajstić information content (AvgIpc) is 2.76. The molecule has 140 valence electrons. The zero-order valence-corrected chi connectivity index (χ0v) is 15.5. The highest BCUT2D eigenvalue weighted by Gasteiger charge is 2.17. The van der Waals surface area contributed by atoms with E-state index in [4.69, 9.17) is 18.2 Å². The second-order valence-corrected chi connectivity index (χ2v) is 6.51. The smallest absolute Gasteiger partial charge is 0.188 e. The summed E-state index contributed by atoms with van der Waals surface area (Å²) in [6, 6.07) is 16.9. The zero-order chi connectivity index (χ0) is 20.4. The van der Waals surface area contributed by atoms with Crippen LogP contribution >= 0.6 is 11.6 Å². The van der Waals surface area contributed by atoms with E-state index in [1.807, 2.05) is 6.07 Å². The molecule has 4 nitrogen and oxygen atoms in total. The van der Waals surface area contributed by atoms with Gasteiger partial charge in [-0.3, -0.25) is 0 Å². The van der Waals surface area contributed by atoms with E-state index in [9.17, 15) is 8.78 Å². The minimum Gasteiger partial charge on any atom is -0.238 e. The molecule has 0 fully saturated rings. The molecule has 0 aliphatic rings. The third-order valence-corrected chi connectivity index (χ3v) is 4.39. The standard InChI is InChI=1S/C22H11ClF2N4/c1-26-15-8-10-19(25)17(12-15)22-28-20(13-5-3-2-4-6-13)27-21(29-22)16-11-14(23)7-9-18(16)24/h2-12H. The van der Waals surface area contributed by atoms with Crippen molar-refractivity contribution in [1.29, 1.82) is 0 Å². The molecule has 0 aliphatic carbocycles. The molecule has 0 amide bonds. The quantitative estimate of drug-likeness (QED) is 0.373. The first-order valence-electron chi connectivity index (χ1n) is 8.49. The van der Waals surface area contributed by atoms with Crippen molar-refractivity contribution in [2.24, 2.45) is 0 Å². The molecule has 7 heteroatoms. The fraction of sp³-hybridized carbons (Fsp3) is 0. The van der Waals surface area contributed by atoms with Gasteiger partial charge in [0.25, 0.3) is 0 Å². The lowest BCUT2D eigenvalue weighted by Crippen LogP contribution is -2.02. The fourth-order valence-electron chi connectivity index (χ4n) is 2.76. The summed E-state index contributed by atoms with van der Waals surface area (Å²) >= 11 is 6.01. The van der Waals surface area contributed by atoms with Gasteiger partial charge in [-0.1, -0.05) is 48.0 Å². The van der Waals surface area contributed by atoms with Crippen molar-refractivity contribution in [2.75, 3.05) is 0 Å². The maximum Gasteiger partial charge on any atom is 0.188 e. The third kappa shape index (κ3) is 3.82. The van der Waals surface area contributed by atoms with Crippen molar-refractivity contribution in [1.82, 2.24) is 15.0 Å². The van der Waals surface area contributed by atoms with Gasteiger partial charge in [-0.2, -0.15) is 0 Å². The van der Waals surface area contributed by atoms with Crippen LogP contribution in [0.4, 0.5) is 14.5 Å². The summed E-state index contributed by atoms with van der Waals surface area (Å²) in [7, 11) is 0. The van der Waals surface area contributed by atoms with Gasteiger partial charge in [-0.05, 0) is 30.3 Å². The van der Waals surface area contributed by atoms with Crippen LogP contribution in [-0.2, 0) is 0 Å². The van der Waals surface area contributed by atoms with Gasteiger partial charge in [-0.25, -0.2) is 28.6 Å². The van der Waals surface area contributed by atoms with Crippen LogP contribution in [-0.4, -0.2) is 15.0 Å². The van der Waals surface area contributed by atoms with Crippen LogP contribution in [0, 0.1) is 18.2 Å². The summed E-state index contributed by atoms with van der Waals surface area (Å²) in [5.74, 6) is -0.906. The van der Waals surface area contributed by atoms with Crippen LogP contribution in [0.3, 0.4) is 0 Å². The van der Waals surface area contributed by atoms with Gasteiger partial charge in [0.2, 0.25) is 0 Å². The number of rotatable bonds is 3. The predicted molar refractivity (Wildman–Crippen MR) is 107 cm³/mol. The number of halogens is 3. The summed E-state index contributed by atoms with van der Waals surface area (Å²) in [6.45, 7) is 7.16. The molecular formula is C22H11ClF2N4. The number of benzene rings is 3. The van der Waals surface area contributed by atoms with Gasteiger partial charge >= 0.3 is 0 Å². The van der Waals surface area contributed by atoms with E-state index in [-0.39, 0.29) is 34.3 Å². The van der Waals surface area contributed by atoms with E-state index in [2.05, 4.69) is 19.8 Å². The maximum absolute atomic E-state index is 14.5. The second kappa shape index (κ2) is 7.74. The molecule has 0 spiro atoms. The van der Waals surface area contributed by atoms with E-state index in [0.717, 1.165) is 0 Å². The van der Waals surface area contributed by atoms with Crippen molar-refractivity contribution in [3.8, 4) is 34.2 Å². The van der Waals surface area contributed by atoms with Crippen LogP contribution in [0.5, 0.6) is 0 Å². The lowest BCUT2D eigenvalue weighted by Gasteiger charge is -2.10. The second-order valence-electron chi connectivity index (χ2n) is 6.07. The van der Waals surface area contributed by atoms with Crippen LogP contribution in [0.1, 0.15) is 0 Å². The highest BCUT2D eigenvalue weighted by Crippen LogP contribution is 2.30. The van der Waals surface area contributed by atoms with Crippen molar-refractivity contribution in [3.05, 3.63) is 94.8 Å². The van der Waals surface area contributed by atoms with Crippen molar-refractivity contribution >= 4 is 17.3 Å². The largest absolute Gasteiger partial charge is 0.238 e. The van der Waals surface area contributed by atoms with Gasteiger partial charge in [-0.15, -0.1) is 0 Å². The maximum atomic E-state index is 14.5. The lowest BCUT2D eigenvalue weighted by atomic mass is 10.1. The Hall–Kier alpha value is -3.69. The van der Waals surface area contributed by atoms with Crippen molar-refractivity contribution in [2.45, 2.75) is 0 Å². The summed E-state index contributed by atoms with van der Waals surface area (Å²) in [5, 5.41) is 0.311. The minimum atomic E-state index is -0.597. The number of hydrogen-bond acceptors (Lipinski definition) is 3. The first kappa shape index (κ1) is 18.7. The topological polar surface area (TPSA) is 43.0 Å². The highest BCUT2D eigenvalue weighted by molar-refractivity contribution is 6.30. The molecule has 0 N–H and O–H groups in total. The van der Waals surface area contributed by atoms with Crippen LogP contribution in [0.2, 0.25) is 5.02 Å². The Labute approximate surface area is 170 Å². The average molecular weight is 405 g/mol. The molecule has 0 bridgehead atoms. The molecule has 4 aromatic rings. The Balaban J connectivity index is 1.99. The van der Waals surface area contributed by atoms with Gasteiger partial charge in [0.1, 0.15) is 11.6 Å². The highest BCUT2D eigenvalue weighted by atomic mass is 35.5. The Kier molecular flexibility index (Phi) is 4.98. The minimum absolute atomic E-state index is 0.00349. The summed E-state index contributed by atoms with van der Waals surface area (Å²) in [5.41, 5.74) is 0.988. The molecule has 1 aromatic heterocycles. The molecule has 0 saturated carbocycles. The van der Waals surface area contributed by atoms with Gasteiger partial charge < -0.3 is 0 Å². The van der Waals surface area contributed by atoms with E-state index >= 15 is 0 Å². The van der Waals surface area contributed by atoms with Gasteiger partial charge in [0, 0.05) is 16.1 Å². The van der Waals surface area contributed by atoms with Crippen LogP contribution in [0.25, 0.3) is 39.0 Å². The molecule has 3 aromatic carbocycles. The molecule has 0 radical (unpaired) electrons. The zero-order valence-electron chi connectivity index (χ0n) is 14.8. The Morgan fingerprint density at radius 3 is 1.97 bits per heavy atom. The molecule has 0 aliphatic heterocycles. The summed E-state index contributed by atoms with van der Waals surface area (Å²) in [4.78, 5) is 16.3. The van der Waals surface area contributed by atoms with E-state index in [1.54, 1.807) is 24.3 Å². The summed E-state index contributed by atoms with van der Waals surface area (Å²) < 4.78 is 29.0. The van der Waals surface area contributed by atoms with E-state index in [1.165, 1.54) is 36.4 Å². The number of aromatic nitrogens is 3. The van der Waals surface area contributed by atoms with Crippen LogP contribution in [0.15, 0.2) is 66.7 Å². The van der Waals surface area contributed by atoms with Crippen molar-refractivity contribution < 1.29 is 8.78 Å². The first-order valence-corrected chi connectivity index (χ1v) is 8.87. The molecule has 0 atom stereocenters. The van der Waals surface area contributed by atoms with Gasteiger partial charge in [0.05, 0.1) is 12.1 Å². The number of nitrogens with zero attached hydrogens (tertiary/aromatic N) is 4. The molecule has 0 unspecified atom stereocenters. The van der Waals surface area contributed by atoms with E-state index < -0.39 is 11.6 Å².